The Morgan fingerprint density at radius 2 is 1.67 bits per heavy atom. The summed E-state index contributed by atoms with van der Waals surface area (Å²) in [5.74, 6) is -0.541. The van der Waals surface area contributed by atoms with Gasteiger partial charge in [0, 0.05) is 55.5 Å². The van der Waals surface area contributed by atoms with E-state index in [0.29, 0.717) is 24.5 Å². The Balaban J connectivity index is 1.12. The molecule has 0 unspecified atom stereocenters. The molecular formula is C34H38N6O3. The molecule has 6 rings (SSSR count). The lowest BCUT2D eigenvalue weighted by molar-refractivity contribution is -0.138. The maximum Gasteiger partial charge on any atom is 0.272 e. The number of benzene rings is 2. The smallest absolute Gasteiger partial charge is 0.272 e. The normalized spacial score (nSPS) is 18.6. The summed E-state index contributed by atoms with van der Waals surface area (Å²) >= 11 is 0. The number of pyridine rings is 1. The van der Waals surface area contributed by atoms with Crippen LogP contribution in [0.3, 0.4) is 0 Å². The number of fused-ring (bicyclic) bond motifs is 3. The van der Waals surface area contributed by atoms with Crippen molar-refractivity contribution in [1.82, 2.24) is 25.1 Å². The summed E-state index contributed by atoms with van der Waals surface area (Å²) in [6, 6.07) is 20.5. The minimum Gasteiger partial charge on any atom is -0.378 e. The number of carbonyl (C=O) groups is 3. The average Bonchev–Trinajstić information content (AvgIpc) is 3.73. The molecule has 2 aromatic carbocycles. The van der Waals surface area contributed by atoms with Crippen molar-refractivity contribution in [1.29, 1.82) is 0 Å². The average molecular weight is 579 g/mol. The van der Waals surface area contributed by atoms with Gasteiger partial charge in [0.25, 0.3) is 11.8 Å². The number of piperazine rings is 1. The lowest BCUT2D eigenvalue weighted by Crippen LogP contribution is -2.59. The monoisotopic (exact) mass is 578 g/mol. The van der Waals surface area contributed by atoms with Crippen molar-refractivity contribution in [2.24, 2.45) is 5.41 Å². The van der Waals surface area contributed by atoms with Crippen LogP contribution in [0.2, 0.25) is 0 Å². The van der Waals surface area contributed by atoms with Crippen LogP contribution in [0, 0.1) is 5.41 Å². The number of H-pyrrole nitrogens is 1. The summed E-state index contributed by atoms with van der Waals surface area (Å²) in [6.45, 7) is 6.77. The molecule has 3 atom stereocenters. The van der Waals surface area contributed by atoms with Crippen LogP contribution in [0.15, 0.2) is 72.9 Å². The Kier molecular flexibility index (Phi) is 7.20. The number of likely N-dealkylation sites (tertiary alicyclic amines) is 2. The van der Waals surface area contributed by atoms with Crippen molar-refractivity contribution in [3.8, 4) is 11.1 Å². The van der Waals surface area contributed by atoms with Crippen LogP contribution in [0.25, 0.3) is 22.0 Å². The first-order chi connectivity index (χ1) is 20.5. The Morgan fingerprint density at radius 3 is 2.33 bits per heavy atom. The van der Waals surface area contributed by atoms with Crippen molar-refractivity contribution in [3.63, 3.8) is 0 Å². The molecule has 43 heavy (non-hydrogen) atoms. The summed E-state index contributed by atoms with van der Waals surface area (Å²) < 4.78 is 0. The number of nitrogens with zero attached hydrogens (tertiary/aromatic N) is 4. The van der Waals surface area contributed by atoms with E-state index in [4.69, 9.17) is 0 Å². The third-order valence-electron chi connectivity index (χ3n) is 8.63. The quantitative estimate of drug-likeness (QED) is 0.349. The summed E-state index contributed by atoms with van der Waals surface area (Å²) in [7, 11) is 4.00. The van der Waals surface area contributed by atoms with E-state index in [0.717, 1.165) is 34.1 Å². The van der Waals surface area contributed by atoms with Crippen LogP contribution in [-0.4, -0.2) is 82.8 Å². The van der Waals surface area contributed by atoms with Gasteiger partial charge in [-0.3, -0.25) is 19.4 Å². The second kappa shape index (κ2) is 10.9. The molecule has 4 heterocycles. The molecule has 2 aliphatic rings. The van der Waals surface area contributed by atoms with Crippen LogP contribution in [0.4, 0.5) is 5.69 Å². The van der Waals surface area contributed by atoms with Crippen LogP contribution in [0.1, 0.15) is 48.2 Å². The predicted octanol–water partition coefficient (Wildman–Crippen LogP) is 4.57. The molecule has 2 aromatic heterocycles. The van der Waals surface area contributed by atoms with E-state index in [1.807, 2.05) is 98.1 Å². The Hall–Kier alpha value is -4.66. The second-order valence-electron chi connectivity index (χ2n) is 12.9. The van der Waals surface area contributed by atoms with Crippen LogP contribution in [0.5, 0.6) is 0 Å². The van der Waals surface area contributed by atoms with E-state index in [2.05, 4.69) is 21.4 Å². The maximum atomic E-state index is 13.9. The second-order valence-corrected chi connectivity index (χ2v) is 12.9. The molecule has 0 radical (unpaired) electrons. The number of nitrogens with one attached hydrogen (secondary N) is 2. The number of amides is 3. The molecule has 0 saturated carbocycles. The van der Waals surface area contributed by atoms with Crippen LogP contribution < -0.4 is 10.2 Å². The van der Waals surface area contributed by atoms with Crippen molar-refractivity contribution < 1.29 is 14.4 Å². The SMILES string of the molecule is CN(C)c1cccc(-c2ccc(C(=O)N3C[C@@H]4C[C@H]3CN4C(=O)[C@@H](NC(=O)c3cc4ccccc4[nH]3)C(C)(C)C)nc2)c1. The Labute approximate surface area is 251 Å². The maximum absolute atomic E-state index is 13.9. The Morgan fingerprint density at radius 1 is 0.930 bits per heavy atom. The van der Waals surface area contributed by atoms with Gasteiger partial charge in [-0.1, -0.05) is 57.2 Å². The first kappa shape index (κ1) is 28.5. The third-order valence-corrected chi connectivity index (χ3v) is 8.63. The molecule has 4 aromatic rings. The first-order valence-corrected chi connectivity index (χ1v) is 14.7. The van der Waals surface area contributed by atoms with Gasteiger partial charge in [0.1, 0.15) is 17.4 Å². The highest BCUT2D eigenvalue weighted by molar-refractivity contribution is 6.00. The molecule has 2 saturated heterocycles. The van der Waals surface area contributed by atoms with Gasteiger partial charge < -0.3 is 25.0 Å². The number of hydrogen-bond donors (Lipinski definition) is 2. The zero-order valence-corrected chi connectivity index (χ0v) is 25.3. The van der Waals surface area contributed by atoms with Gasteiger partial charge in [0.2, 0.25) is 5.91 Å². The summed E-state index contributed by atoms with van der Waals surface area (Å²) in [6.07, 6.45) is 2.47. The fraction of sp³-hybridized carbons (Fsp3) is 0.353. The molecular weight excluding hydrogens is 540 g/mol. The van der Waals surface area contributed by atoms with Gasteiger partial charge in [-0.25, -0.2) is 0 Å². The first-order valence-electron chi connectivity index (χ1n) is 14.7. The molecule has 9 nitrogen and oxygen atoms in total. The minimum absolute atomic E-state index is 0.0790. The molecule has 2 N–H and O–H groups in total. The van der Waals surface area contributed by atoms with E-state index in [1.54, 1.807) is 18.3 Å². The molecule has 0 spiro atoms. The Bertz CT molecular complexity index is 1650. The number of para-hydroxylation sites is 1. The van der Waals surface area contributed by atoms with Crippen molar-refractivity contribution in [3.05, 3.63) is 84.3 Å². The lowest BCUT2D eigenvalue weighted by Gasteiger charge is -2.39. The van der Waals surface area contributed by atoms with Gasteiger partial charge >= 0.3 is 0 Å². The lowest BCUT2D eigenvalue weighted by atomic mass is 9.85. The van der Waals surface area contributed by atoms with Gasteiger partial charge in [-0.15, -0.1) is 0 Å². The molecule has 222 valence electrons. The highest BCUT2D eigenvalue weighted by Crippen LogP contribution is 2.34. The van der Waals surface area contributed by atoms with Gasteiger partial charge in [-0.05, 0) is 47.7 Å². The van der Waals surface area contributed by atoms with E-state index in [1.165, 1.54) is 0 Å². The highest BCUT2D eigenvalue weighted by atomic mass is 16.2. The largest absolute Gasteiger partial charge is 0.378 e. The van der Waals surface area contributed by atoms with E-state index < -0.39 is 11.5 Å². The highest BCUT2D eigenvalue weighted by Gasteiger charge is 2.50. The van der Waals surface area contributed by atoms with Gasteiger partial charge in [0.15, 0.2) is 0 Å². The molecule has 2 bridgehead atoms. The summed E-state index contributed by atoms with van der Waals surface area (Å²) in [4.78, 5) is 54.0. The van der Waals surface area contributed by atoms with Gasteiger partial charge in [0.05, 0.1) is 12.1 Å². The van der Waals surface area contributed by atoms with Crippen molar-refractivity contribution in [2.75, 3.05) is 32.1 Å². The molecule has 3 amide bonds. The van der Waals surface area contributed by atoms with Crippen LogP contribution >= 0.6 is 0 Å². The number of carbonyl (C=O) groups excluding carboxylic acids is 3. The predicted molar refractivity (Wildman–Crippen MR) is 168 cm³/mol. The number of anilines is 1. The molecule has 2 aliphatic heterocycles. The number of aromatic nitrogens is 2. The minimum atomic E-state index is -0.713. The third kappa shape index (κ3) is 5.47. The van der Waals surface area contributed by atoms with E-state index in [9.17, 15) is 14.4 Å². The fourth-order valence-electron chi connectivity index (χ4n) is 6.21. The number of rotatable bonds is 6. The summed E-state index contributed by atoms with van der Waals surface area (Å²) in [5.41, 5.74) is 4.27. The molecule has 2 fully saturated rings. The zero-order chi connectivity index (χ0) is 30.5. The van der Waals surface area contributed by atoms with Crippen molar-refractivity contribution >= 4 is 34.3 Å². The number of aromatic amines is 1. The van der Waals surface area contributed by atoms with Crippen molar-refractivity contribution in [2.45, 2.75) is 45.3 Å². The van der Waals surface area contributed by atoms with E-state index >= 15 is 0 Å². The fourth-order valence-corrected chi connectivity index (χ4v) is 6.21. The summed E-state index contributed by atoms with van der Waals surface area (Å²) in [5, 5.41) is 3.94. The topological polar surface area (TPSA) is 102 Å². The zero-order valence-electron chi connectivity index (χ0n) is 25.3. The standard InChI is InChI=1S/C34H38N6O3/c1-34(2,3)30(37-31(41)29-16-22-9-6-7-12-27(22)36-29)33(43)40-20-25-17-26(40)19-39(25)32(42)28-14-13-23(18-35-28)21-10-8-11-24(15-21)38(4)5/h6-16,18,25-26,30,36H,17,19-20H2,1-5H3,(H,37,41)/t25-,26-,30+/m0/s1. The van der Waals surface area contributed by atoms with Gasteiger partial charge in [-0.2, -0.15) is 0 Å². The number of hydrogen-bond acceptors (Lipinski definition) is 5. The van der Waals surface area contributed by atoms with Crippen LogP contribution in [-0.2, 0) is 4.79 Å². The van der Waals surface area contributed by atoms with E-state index in [-0.39, 0.29) is 29.8 Å². The molecule has 0 aliphatic carbocycles. The molecule has 9 heteroatoms.